The topological polar surface area (TPSA) is 49.3 Å². The smallest absolute Gasteiger partial charge is 0.197 e. The quantitative estimate of drug-likeness (QED) is 0.570. The number of thiazole rings is 1. The molecule has 5 heteroatoms. The molecule has 0 spiro atoms. The van der Waals surface area contributed by atoms with Gasteiger partial charge in [0.15, 0.2) is 11.1 Å². The van der Waals surface area contributed by atoms with Crippen molar-refractivity contribution < 1.29 is 0 Å². The van der Waals surface area contributed by atoms with Crippen LogP contribution < -0.4 is 10.6 Å². The number of anilines is 1. The number of guanidine groups is 1. The number of aromatic nitrogens is 1. The lowest BCUT2D eigenvalue weighted by molar-refractivity contribution is 1.14. The van der Waals surface area contributed by atoms with Crippen molar-refractivity contribution in [3.8, 4) is 0 Å². The van der Waals surface area contributed by atoms with Crippen LogP contribution >= 0.6 is 11.3 Å². The molecule has 2 N–H and O–H groups in total. The molecule has 0 unspecified atom stereocenters. The Labute approximate surface area is 92.1 Å². The number of aliphatic imine (C=N–C) groups is 1. The highest BCUT2D eigenvalue weighted by molar-refractivity contribution is 7.22. The average Bonchev–Trinajstić information content (AvgIpc) is 2.68. The van der Waals surface area contributed by atoms with E-state index in [1.165, 1.54) is 4.70 Å². The van der Waals surface area contributed by atoms with Crippen LogP contribution in [0.3, 0.4) is 0 Å². The van der Waals surface area contributed by atoms with E-state index in [4.69, 9.17) is 0 Å². The number of fused-ring (bicyclic) bond motifs is 1. The molecule has 0 radical (unpaired) electrons. The third-order valence-electron chi connectivity index (χ3n) is 1.98. The molecule has 0 saturated carbocycles. The third-order valence-corrected chi connectivity index (χ3v) is 2.93. The Hall–Kier alpha value is -1.62. The van der Waals surface area contributed by atoms with Crippen molar-refractivity contribution in [1.29, 1.82) is 0 Å². The van der Waals surface area contributed by atoms with E-state index in [9.17, 15) is 0 Å². The van der Waals surface area contributed by atoms with Crippen LogP contribution in [0.25, 0.3) is 10.2 Å². The zero-order valence-corrected chi connectivity index (χ0v) is 9.43. The molecular formula is C10H12N4S. The van der Waals surface area contributed by atoms with E-state index >= 15 is 0 Å². The summed E-state index contributed by atoms with van der Waals surface area (Å²) < 4.78 is 1.17. The van der Waals surface area contributed by atoms with Crippen molar-refractivity contribution in [2.45, 2.75) is 0 Å². The summed E-state index contributed by atoms with van der Waals surface area (Å²) >= 11 is 1.61. The molecule has 0 atom stereocenters. The van der Waals surface area contributed by atoms with Crippen molar-refractivity contribution in [2.24, 2.45) is 4.99 Å². The standard InChI is InChI=1S/C10H12N4S/c1-11-9(12-2)14-10-13-7-5-3-4-6-8(7)15-10/h3-6H,1-2H3,(H2,11,12,13,14). The van der Waals surface area contributed by atoms with Gasteiger partial charge in [0.05, 0.1) is 10.2 Å². The first kappa shape index (κ1) is 9.92. The van der Waals surface area contributed by atoms with Crippen molar-refractivity contribution in [2.75, 3.05) is 19.4 Å². The largest absolute Gasteiger partial charge is 0.359 e. The Kier molecular flexibility index (Phi) is 2.82. The lowest BCUT2D eigenvalue weighted by Gasteiger charge is -2.03. The highest BCUT2D eigenvalue weighted by atomic mass is 32.1. The molecule has 0 amide bonds. The van der Waals surface area contributed by atoms with Crippen LogP contribution in [0, 0.1) is 0 Å². The second-order valence-corrected chi connectivity index (χ2v) is 3.96. The predicted molar refractivity (Wildman–Crippen MR) is 65.7 cm³/mol. The van der Waals surface area contributed by atoms with Gasteiger partial charge >= 0.3 is 0 Å². The zero-order valence-electron chi connectivity index (χ0n) is 8.61. The van der Waals surface area contributed by atoms with Crippen molar-refractivity contribution in [3.63, 3.8) is 0 Å². The summed E-state index contributed by atoms with van der Waals surface area (Å²) in [6.45, 7) is 0. The molecule has 0 bridgehead atoms. The van der Waals surface area contributed by atoms with Crippen LogP contribution in [0.2, 0.25) is 0 Å². The normalized spacial score (nSPS) is 11.7. The molecule has 15 heavy (non-hydrogen) atoms. The van der Waals surface area contributed by atoms with Crippen molar-refractivity contribution in [1.82, 2.24) is 10.3 Å². The first-order valence-electron chi connectivity index (χ1n) is 4.60. The molecule has 1 heterocycles. The SMILES string of the molecule is CN=C(NC)Nc1nc2ccccc2s1. The lowest BCUT2D eigenvalue weighted by Crippen LogP contribution is -2.26. The van der Waals surface area contributed by atoms with Gasteiger partial charge in [0.25, 0.3) is 0 Å². The maximum atomic E-state index is 4.44. The fourth-order valence-corrected chi connectivity index (χ4v) is 2.12. The van der Waals surface area contributed by atoms with Crippen molar-refractivity contribution >= 4 is 32.6 Å². The van der Waals surface area contributed by atoms with E-state index in [0.29, 0.717) is 5.96 Å². The summed E-state index contributed by atoms with van der Waals surface area (Å²) in [5, 5.41) is 6.92. The van der Waals surface area contributed by atoms with Gasteiger partial charge in [0, 0.05) is 14.1 Å². The molecule has 2 aromatic rings. The number of rotatable bonds is 1. The summed E-state index contributed by atoms with van der Waals surface area (Å²) in [4.78, 5) is 8.47. The summed E-state index contributed by atoms with van der Waals surface area (Å²) in [7, 11) is 3.55. The summed E-state index contributed by atoms with van der Waals surface area (Å²) in [6, 6.07) is 8.05. The van der Waals surface area contributed by atoms with Gasteiger partial charge in [0.2, 0.25) is 0 Å². The number of nitrogens with zero attached hydrogens (tertiary/aromatic N) is 2. The molecule has 1 aromatic carbocycles. The maximum absolute atomic E-state index is 4.44. The minimum absolute atomic E-state index is 0.717. The summed E-state index contributed by atoms with van der Waals surface area (Å²) in [5.41, 5.74) is 1.01. The van der Waals surface area contributed by atoms with Crippen LogP contribution in [0.5, 0.6) is 0 Å². The van der Waals surface area contributed by atoms with Gasteiger partial charge in [0.1, 0.15) is 0 Å². The molecule has 0 aliphatic heterocycles. The third kappa shape index (κ3) is 2.07. The summed E-state index contributed by atoms with van der Waals surface area (Å²) in [5.74, 6) is 0.717. The van der Waals surface area contributed by atoms with E-state index < -0.39 is 0 Å². The Bertz CT molecular complexity index is 456. The van der Waals surface area contributed by atoms with E-state index in [1.807, 2.05) is 25.2 Å². The number of hydrogen-bond acceptors (Lipinski definition) is 3. The number of hydrogen-bond donors (Lipinski definition) is 2. The van der Waals surface area contributed by atoms with Crippen LogP contribution in [0.15, 0.2) is 29.3 Å². The van der Waals surface area contributed by atoms with Gasteiger partial charge < -0.3 is 10.6 Å². The Morgan fingerprint density at radius 1 is 1.40 bits per heavy atom. The molecule has 1 aromatic heterocycles. The van der Waals surface area contributed by atoms with Gasteiger partial charge in [-0.1, -0.05) is 23.5 Å². The van der Waals surface area contributed by atoms with Gasteiger partial charge in [-0.25, -0.2) is 4.98 Å². The number of nitrogens with one attached hydrogen (secondary N) is 2. The molecule has 0 saturated heterocycles. The predicted octanol–water partition coefficient (Wildman–Crippen LogP) is 1.91. The van der Waals surface area contributed by atoms with E-state index in [2.05, 4.69) is 26.7 Å². The maximum Gasteiger partial charge on any atom is 0.197 e. The average molecular weight is 220 g/mol. The second kappa shape index (κ2) is 4.27. The molecule has 0 aliphatic carbocycles. The molecule has 78 valence electrons. The Morgan fingerprint density at radius 3 is 2.87 bits per heavy atom. The molecule has 2 rings (SSSR count). The minimum Gasteiger partial charge on any atom is -0.359 e. The van der Waals surface area contributed by atoms with E-state index in [-0.39, 0.29) is 0 Å². The number of benzene rings is 1. The minimum atomic E-state index is 0.717. The fraction of sp³-hybridized carbons (Fsp3) is 0.200. The first-order chi connectivity index (χ1) is 7.33. The Balaban J connectivity index is 2.29. The van der Waals surface area contributed by atoms with Crippen LogP contribution in [-0.2, 0) is 0 Å². The fourth-order valence-electron chi connectivity index (χ4n) is 1.26. The van der Waals surface area contributed by atoms with Gasteiger partial charge in [-0.05, 0) is 12.1 Å². The van der Waals surface area contributed by atoms with Gasteiger partial charge in [-0.2, -0.15) is 0 Å². The lowest BCUT2D eigenvalue weighted by atomic mass is 10.3. The summed E-state index contributed by atoms with van der Waals surface area (Å²) in [6.07, 6.45) is 0. The molecular weight excluding hydrogens is 208 g/mol. The number of para-hydroxylation sites is 1. The highest BCUT2D eigenvalue weighted by Gasteiger charge is 2.03. The van der Waals surface area contributed by atoms with Crippen molar-refractivity contribution in [3.05, 3.63) is 24.3 Å². The van der Waals surface area contributed by atoms with Gasteiger partial charge in [-0.3, -0.25) is 4.99 Å². The highest BCUT2D eigenvalue weighted by Crippen LogP contribution is 2.24. The molecule has 0 fully saturated rings. The van der Waals surface area contributed by atoms with Crippen LogP contribution in [-0.4, -0.2) is 25.0 Å². The van der Waals surface area contributed by atoms with E-state index in [1.54, 1.807) is 18.4 Å². The monoisotopic (exact) mass is 220 g/mol. The first-order valence-corrected chi connectivity index (χ1v) is 5.42. The van der Waals surface area contributed by atoms with E-state index in [0.717, 1.165) is 10.6 Å². The Morgan fingerprint density at radius 2 is 2.20 bits per heavy atom. The zero-order chi connectivity index (χ0) is 10.7. The second-order valence-electron chi connectivity index (χ2n) is 2.93. The van der Waals surface area contributed by atoms with Crippen LogP contribution in [0.4, 0.5) is 5.13 Å². The van der Waals surface area contributed by atoms with Crippen LogP contribution in [0.1, 0.15) is 0 Å². The molecule has 0 aliphatic rings. The van der Waals surface area contributed by atoms with Gasteiger partial charge in [-0.15, -0.1) is 0 Å². The molecule has 4 nitrogen and oxygen atoms in total.